The predicted octanol–water partition coefficient (Wildman–Crippen LogP) is 5.99. The normalized spacial score (nSPS) is 12.8. The lowest BCUT2D eigenvalue weighted by Gasteiger charge is -2.21. The number of allylic oxidation sites excluding steroid dienone is 1. The summed E-state index contributed by atoms with van der Waals surface area (Å²) >= 11 is 17.3. The highest BCUT2D eigenvalue weighted by atomic mass is 35.6. The van der Waals surface area contributed by atoms with Crippen molar-refractivity contribution < 1.29 is 19.0 Å². The average molecular weight is 497 g/mol. The van der Waals surface area contributed by atoms with Crippen LogP contribution in [0.3, 0.4) is 0 Å². The van der Waals surface area contributed by atoms with Crippen LogP contribution in [0.15, 0.2) is 48.6 Å². The lowest BCUT2D eigenvalue weighted by atomic mass is 9.93. The van der Waals surface area contributed by atoms with Gasteiger partial charge in [0.1, 0.15) is 5.75 Å². The second-order valence-electron chi connectivity index (χ2n) is 7.18. The summed E-state index contributed by atoms with van der Waals surface area (Å²) in [6.07, 6.45) is 4.19. The fraction of sp³-hybridized carbons (Fsp3) is 0.292. The Morgan fingerprint density at radius 2 is 1.62 bits per heavy atom. The van der Waals surface area contributed by atoms with E-state index in [9.17, 15) is 4.79 Å². The molecule has 0 aliphatic heterocycles. The Kier molecular flexibility index (Phi) is 7.65. The first-order valence-corrected chi connectivity index (χ1v) is 11.0. The highest BCUT2D eigenvalue weighted by molar-refractivity contribution is 6.76. The fourth-order valence-corrected chi connectivity index (χ4v) is 3.87. The molecular weight excluding hydrogens is 473 g/mol. The van der Waals surface area contributed by atoms with Crippen molar-refractivity contribution in [1.29, 1.82) is 0 Å². The van der Waals surface area contributed by atoms with Gasteiger partial charge in [-0.05, 0) is 64.7 Å². The molecule has 3 aromatic rings. The number of halogens is 3. The van der Waals surface area contributed by atoms with Gasteiger partial charge in [-0.3, -0.25) is 4.79 Å². The Bertz CT molecular complexity index is 1170. The Balaban J connectivity index is 2.20. The first kappa shape index (κ1) is 24.3. The molecule has 0 unspecified atom stereocenters. The molecule has 3 rings (SSSR count). The molecule has 1 atom stereocenters. The van der Waals surface area contributed by atoms with Crippen molar-refractivity contribution in [2.24, 2.45) is 0 Å². The standard InChI is InChI=1S/C24H24Cl3NO4/c1-5-6-16(28-23(29)24(25,26)27)10-15-9-14-7-8-17(30-2)11-18(14)20-13-22(32-4)21(31-3)12-19(15)20/h5-9,11-13,16H,10H2,1-4H3,(H,28,29)/b6-5+/t16-/m1/s1. The first-order chi connectivity index (χ1) is 15.2. The van der Waals surface area contributed by atoms with Gasteiger partial charge in [-0.2, -0.15) is 0 Å². The molecule has 0 heterocycles. The molecule has 0 aliphatic carbocycles. The van der Waals surface area contributed by atoms with Crippen LogP contribution in [0.4, 0.5) is 0 Å². The molecule has 0 aromatic heterocycles. The van der Waals surface area contributed by atoms with Gasteiger partial charge in [-0.25, -0.2) is 0 Å². The van der Waals surface area contributed by atoms with Crippen molar-refractivity contribution in [3.05, 3.63) is 54.1 Å². The topological polar surface area (TPSA) is 56.8 Å². The first-order valence-electron chi connectivity index (χ1n) is 9.87. The number of fused-ring (bicyclic) bond motifs is 3. The zero-order chi connectivity index (χ0) is 23.5. The number of rotatable bonds is 7. The van der Waals surface area contributed by atoms with Gasteiger partial charge in [0.25, 0.3) is 9.70 Å². The van der Waals surface area contributed by atoms with Crippen molar-refractivity contribution in [3.8, 4) is 17.2 Å². The Morgan fingerprint density at radius 3 is 2.19 bits per heavy atom. The molecular formula is C24H24Cl3NO4. The van der Waals surface area contributed by atoms with E-state index in [4.69, 9.17) is 49.0 Å². The van der Waals surface area contributed by atoms with Crippen molar-refractivity contribution in [3.63, 3.8) is 0 Å². The van der Waals surface area contributed by atoms with E-state index < -0.39 is 9.70 Å². The average Bonchev–Trinajstić information content (AvgIpc) is 2.77. The third-order valence-corrected chi connectivity index (χ3v) is 5.70. The van der Waals surface area contributed by atoms with Crippen LogP contribution in [0.2, 0.25) is 0 Å². The molecule has 8 heteroatoms. The Labute approximate surface area is 202 Å². The number of methoxy groups -OCH3 is 3. The van der Waals surface area contributed by atoms with Crippen LogP contribution >= 0.6 is 34.8 Å². The number of hydrogen-bond donors (Lipinski definition) is 1. The van der Waals surface area contributed by atoms with Gasteiger partial charge in [-0.1, -0.05) is 59.1 Å². The summed E-state index contributed by atoms with van der Waals surface area (Å²) in [6.45, 7) is 1.87. The molecule has 0 saturated carbocycles. The molecule has 0 bridgehead atoms. The van der Waals surface area contributed by atoms with Crippen LogP contribution in [0, 0.1) is 0 Å². The number of nitrogens with one attached hydrogen (secondary N) is 1. The maximum Gasteiger partial charge on any atom is 0.272 e. The number of alkyl halides is 3. The van der Waals surface area contributed by atoms with Crippen LogP contribution < -0.4 is 19.5 Å². The lowest BCUT2D eigenvalue weighted by molar-refractivity contribution is -0.120. The van der Waals surface area contributed by atoms with Gasteiger partial charge in [0.15, 0.2) is 11.5 Å². The van der Waals surface area contributed by atoms with E-state index in [1.165, 1.54) is 0 Å². The quantitative estimate of drug-likeness (QED) is 0.248. The third kappa shape index (κ3) is 5.17. The fourth-order valence-electron chi connectivity index (χ4n) is 3.71. The van der Waals surface area contributed by atoms with Gasteiger partial charge < -0.3 is 19.5 Å². The number of benzene rings is 3. The summed E-state index contributed by atoms with van der Waals surface area (Å²) < 4.78 is 14.4. The van der Waals surface area contributed by atoms with E-state index in [1.54, 1.807) is 21.3 Å². The second-order valence-corrected chi connectivity index (χ2v) is 9.46. The van der Waals surface area contributed by atoms with E-state index in [1.807, 2.05) is 49.4 Å². The van der Waals surface area contributed by atoms with Gasteiger partial charge in [-0.15, -0.1) is 0 Å². The Hall–Kier alpha value is -2.34. The number of carbonyl (C=O) groups excluding carboxylic acids is 1. The molecule has 3 aromatic carbocycles. The number of carbonyl (C=O) groups is 1. The van der Waals surface area contributed by atoms with Crippen LogP contribution in [0.25, 0.3) is 21.5 Å². The zero-order valence-corrected chi connectivity index (χ0v) is 20.4. The van der Waals surface area contributed by atoms with Crippen LogP contribution in [-0.2, 0) is 11.2 Å². The van der Waals surface area contributed by atoms with Crippen molar-refractivity contribution in [1.82, 2.24) is 5.32 Å². The van der Waals surface area contributed by atoms with Crippen LogP contribution in [0.5, 0.6) is 17.2 Å². The molecule has 0 fully saturated rings. The Morgan fingerprint density at radius 1 is 0.969 bits per heavy atom. The summed E-state index contributed by atoms with van der Waals surface area (Å²) in [7, 11) is 4.83. The van der Waals surface area contributed by atoms with Gasteiger partial charge >= 0.3 is 0 Å². The highest BCUT2D eigenvalue weighted by Gasteiger charge is 2.32. The summed E-state index contributed by atoms with van der Waals surface area (Å²) in [4.78, 5) is 12.3. The minimum Gasteiger partial charge on any atom is -0.497 e. The molecule has 0 spiro atoms. The van der Waals surface area contributed by atoms with E-state index in [-0.39, 0.29) is 6.04 Å². The van der Waals surface area contributed by atoms with E-state index in [0.717, 1.165) is 32.9 Å². The zero-order valence-electron chi connectivity index (χ0n) is 18.2. The smallest absolute Gasteiger partial charge is 0.272 e. The molecule has 0 saturated heterocycles. The summed E-state index contributed by atoms with van der Waals surface area (Å²) in [5, 5.41) is 6.76. The van der Waals surface area contributed by atoms with Gasteiger partial charge in [0.2, 0.25) is 0 Å². The largest absolute Gasteiger partial charge is 0.497 e. The highest BCUT2D eigenvalue weighted by Crippen LogP contribution is 2.39. The van der Waals surface area contributed by atoms with Crippen molar-refractivity contribution in [2.75, 3.05) is 21.3 Å². The molecule has 0 aliphatic rings. The minimum absolute atomic E-state index is 0.380. The molecule has 1 amide bonds. The maximum absolute atomic E-state index is 12.3. The minimum atomic E-state index is -2.04. The molecule has 32 heavy (non-hydrogen) atoms. The van der Waals surface area contributed by atoms with Crippen molar-refractivity contribution in [2.45, 2.75) is 23.2 Å². The third-order valence-electron chi connectivity index (χ3n) is 5.19. The maximum atomic E-state index is 12.3. The van der Waals surface area contributed by atoms with Crippen molar-refractivity contribution >= 4 is 62.3 Å². The van der Waals surface area contributed by atoms with Crippen LogP contribution in [-0.4, -0.2) is 37.1 Å². The summed E-state index contributed by atoms with van der Waals surface area (Å²) in [6, 6.07) is 11.5. The summed E-state index contributed by atoms with van der Waals surface area (Å²) in [5.41, 5.74) is 0.992. The second kappa shape index (κ2) is 10.1. The van der Waals surface area contributed by atoms with E-state index >= 15 is 0 Å². The van der Waals surface area contributed by atoms with E-state index in [0.29, 0.717) is 17.9 Å². The monoisotopic (exact) mass is 495 g/mol. The van der Waals surface area contributed by atoms with Crippen LogP contribution in [0.1, 0.15) is 12.5 Å². The molecule has 5 nitrogen and oxygen atoms in total. The van der Waals surface area contributed by atoms with Gasteiger partial charge in [0, 0.05) is 0 Å². The van der Waals surface area contributed by atoms with Gasteiger partial charge in [0.05, 0.1) is 27.4 Å². The number of hydrogen-bond acceptors (Lipinski definition) is 4. The number of ether oxygens (including phenoxy) is 3. The lowest BCUT2D eigenvalue weighted by Crippen LogP contribution is -2.41. The van der Waals surface area contributed by atoms with E-state index in [2.05, 4.69) is 11.4 Å². The molecule has 0 radical (unpaired) electrons. The molecule has 1 N–H and O–H groups in total. The SMILES string of the molecule is C/C=C/[C@H](Cc1cc2ccc(OC)cc2c2cc(OC)c(OC)cc12)NC(=O)C(Cl)(Cl)Cl. The number of amides is 1. The predicted molar refractivity (Wildman–Crippen MR) is 132 cm³/mol. The summed E-state index contributed by atoms with van der Waals surface area (Å²) in [5.74, 6) is 1.30. The molecule has 170 valence electrons.